The van der Waals surface area contributed by atoms with E-state index in [1.165, 1.54) is 6.33 Å². The van der Waals surface area contributed by atoms with E-state index in [9.17, 15) is 33.9 Å². The van der Waals surface area contributed by atoms with E-state index in [4.69, 9.17) is 11.6 Å². The number of aromatic nitrogens is 2. The van der Waals surface area contributed by atoms with E-state index in [1.54, 1.807) is 30.3 Å². The molecule has 61 heavy (non-hydrogen) atoms. The summed E-state index contributed by atoms with van der Waals surface area (Å²) < 4.78 is 0. The summed E-state index contributed by atoms with van der Waals surface area (Å²) in [5.41, 5.74) is 3.61. The Morgan fingerprint density at radius 3 is 2.41 bits per heavy atom. The van der Waals surface area contributed by atoms with Gasteiger partial charge in [0.05, 0.1) is 28.8 Å². The molecule has 0 spiro atoms. The summed E-state index contributed by atoms with van der Waals surface area (Å²) in [5.74, 6) is -1.59. The van der Waals surface area contributed by atoms with Crippen molar-refractivity contribution in [2.24, 2.45) is 0 Å². The van der Waals surface area contributed by atoms with Gasteiger partial charge in [-0.3, -0.25) is 39.0 Å². The molecule has 2 fully saturated rings. The molecule has 4 aliphatic rings. The summed E-state index contributed by atoms with van der Waals surface area (Å²) in [5, 5.41) is 22.9. The number of piperidine rings is 1. The molecule has 4 unspecified atom stereocenters. The smallest absolute Gasteiger partial charge is 0.264 e. The zero-order valence-corrected chi connectivity index (χ0v) is 35.2. The molecule has 3 aliphatic heterocycles. The van der Waals surface area contributed by atoms with Gasteiger partial charge < -0.3 is 30.9 Å². The summed E-state index contributed by atoms with van der Waals surface area (Å²) in [6.07, 6.45) is 6.55. The van der Waals surface area contributed by atoms with Crippen LogP contribution in [0.15, 0.2) is 48.8 Å². The molecule has 17 heteroatoms. The number of benzene rings is 2. The number of piperazine rings is 1. The fourth-order valence-electron chi connectivity index (χ4n) is 8.79. The maximum Gasteiger partial charge on any atom is 0.264 e. The first-order valence-corrected chi connectivity index (χ1v) is 21.8. The predicted octanol–water partition coefficient (Wildman–Crippen LogP) is 3.66. The van der Waals surface area contributed by atoms with Crippen molar-refractivity contribution in [1.29, 1.82) is 0 Å². The number of hydrogen-bond donors (Lipinski definition) is 5. The average Bonchev–Trinajstić information content (AvgIpc) is 3.70. The molecule has 1 aromatic heterocycles. The van der Waals surface area contributed by atoms with Crippen molar-refractivity contribution in [3.8, 4) is 0 Å². The van der Waals surface area contributed by atoms with Crippen LogP contribution in [0.1, 0.15) is 120 Å². The number of carbonyl (C=O) groups is 6. The largest absolute Gasteiger partial charge is 0.387 e. The van der Waals surface area contributed by atoms with Crippen LogP contribution in [0.2, 0.25) is 5.02 Å². The lowest BCUT2D eigenvalue weighted by molar-refractivity contribution is -0.136. The van der Waals surface area contributed by atoms with E-state index in [1.807, 2.05) is 17.0 Å². The van der Waals surface area contributed by atoms with E-state index in [-0.39, 0.29) is 48.1 Å². The van der Waals surface area contributed by atoms with Gasteiger partial charge in [0.25, 0.3) is 11.8 Å². The Bertz CT molecular complexity index is 2130. The van der Waals surface area contributed by atoms with E-state index >= 15 is 0 Å². The molecule has 1 aliphatic carbocycles. The predicted molar refractivity (Wildman–Crippen MR) is 228 cm³/mol. The van der Waals surface area contributed by atoms with Crippen LogP contribution < -0.4 is 26.2 Å². The molecule has 324 valence electrons. The summed E-state index contributed by atoms with van der Waals surface area (Å²) in [6, 6.07) is 11.4. The Balaban J connectivity index is 0.782. The molecule has 0 bridgehead atoms. The highest BCUT2D eigenvalue weighted by molar-refractivity contribution is 6.30. The van der Waals surface area contributed by atoms with Crippen LogP contribution in [0.4, 0.5) is 11.5 Å². The number of carbonyl (C=O) groups excluding carboxylic acids is 6. The zero-order chi connectivity index (χ0) is 43.0. The monoisotopic (exact) mass is 855 g/mol. The first-order valence-electron chi connectivity index (χ1n) is 21.4. The van der Waals surface area contributed by atoms with Gasteiger partial charge in [-0.15, -0.1) is 0 Å². The Kier molecular flexibility index (Phi) is 14.3. The SMILES string of the molecule is CC1CC(O)c2ncnc(N3CCN(C(=O)C(CNCCC(=O)NCCCCCCCNc4cccc5c4C(=O)N(C4CCC(=O)NC4=O)C5=O)c4ccc(Cl)cc4)CC3)c21. The van der Waals surface area contributed by atoms with Crippen molar-refractivity contribution in [3.05, 3.63) is 81.8 Å². The molecule has 4 atom stereocenters. The van der Waals surface area contributed by atoms with Gasteiger partial charge in [0.15, 0.2) is 0 Å². The number of rotatable bonds is 18. The minimum absolute atomic E-state index is 0.0138. The summed E-state index contributed by atoms with van der Waals surface area (Å²) >= 11 is 6.18. The molecule has 5 N–H and O–H groups in total. The Labute approximate surface area is 360 Å². The second kappa shape index (κ2) is 19.9. The number of unbranched alkanes of at least 4 members (excludes halogenated alkanes) is 4. The number of fused-ring (bicyclic) bond motifs is 2. The number of anilines is 2. The average molecular weight is 856 g/mol. The number of nitrogens with zero attached hydrogens (tertiary/aromatic N) is 5. The van der Waals surface area contributed by atoms with Crippen molar-refractivity contribution < 1.29 is 33.9 Å². The van der Waals surface area contributed by atoms with Crippen LogP contribution in [0.5, 0.6) is 0 Å². The maximum atomic E-state index is 14.0. The van der Waals surface area contributed by atoms with Crippen LogP contribution in [-0.4, -0.2) is 119 Å². The quantitative estimate of drug-likeness (QED) is 0.0919. The van der Waals surface area contributed by atoms with E-state index < -0.39 is 41.7 Å². The van der Waals surface area contributed by atoms with Gasteiger partial charge in [-0.2, -0.15) is 0 Å². The lowest BCUT2D eigenvalue weighted by Crippen LogP contribution is -2.54. The van der Waals surface area contributed by atoms with Crippen molar-refractivity contribution in [2.75, 3.05) is 62.6 Å². The van der Waals surface area contributed by atoms with Gasteiger partial charge in [-0.05, 0) is 61.4 Å². The third-order valence-corrected chi connectivity index (χ3v) is 12.3. The fraction of sp³-hybridized carbons (Fsp3) is 0.500. The van der Waals surface area contributed by atoms with Crippen molar-refractivity contribution >= 4 is 58.5 Å². The number of halogens is 1. The van der Waals surface area contributed by atoms with Gasteiger partial charge >= 0.3 is 0 Å². The first kappa shape index (κ1) is 43.6. The van der Waals surface area contributed by atoms with E-state index in [0.717, 1.165) is 53.9 Å². The molecule has 3 aromatic rings. The van der Waals surface area contributed by atoms with Gasteiger partial charge in [0, 0.05) is 81.5 Å². The van der Waals surface area contributed by atoms with Crippen LogP contribution >= 0.6 is 11.6 Å². The lowest BCUT2D eigenvalue weighted by atomic mass is 9.97. The molecule has 7 rings (SSSR count). The van der Waals surface area contributed by atoms with Gasteiger partial charge in [-0.25, -0.2) is 9.97 Å². The third-order valence-electron chi connectivity index (χ3n) is 12.1. The van der Waals surface area contributed by atoms with Crippen molar-refractivity contribution in [2.45, 2.75) is 88.7 Å². The Hall–Kier alpha value is -5.45. The second-order valence-electron chi connectivity index (χ2n) is 16.2. The first-order chi connectivity index (χ1) is 29.5. The summed E-state index contributed by atoms with van der Waals surface area (Å²) in [7, 11) is 0. The third kappa shape index (κ3) is 10.0. The van der Waals surface area contributed by atoms with Crippen LogP contribution in [0.25, 0.3) is 0 Å². The number of aliphatic hydroxyl groups is 1. The molecule has 6 amide bonds. The maximum absolute atomic E-state index is 14.0. The highest BCUT2D eigenvalue weighted by Gasteiger charge is 2.45. The minimum atomic E-state index is -1.01. The number of amides is 6. The molecule has 4 heterocycles. The van der Waals surface area contributed by atoms with Crippen molar-refractivity contribution in [1.82, 2.24) is 35.7 Å². The van der Waals surface area contributed by atoms with E-state index in [2.05, 4.69) is 43.1 Å². The summed E-state index contributed by atoms with van der Waals surface area (Å²) in [6.45, 7) is 6.36. The second-order valence-corrected chi connectivity index (χ2v) is 16.7. The van der Waals surface area contributed by atoms with Crippen LogP contribution in [0.3, 0.4) is 0 Å². The number of nitrogens with one attached hydrogen (secondary N) is 4. The zero-order valence-electron chi connectivity index (χ0n) is 34.5. The molecule has 2 aromatic carbocycles. The highest BCUT2D eigenvalue weighted by Crippen LogP contribution is 2.43. The molecular weight excluding hydrogens is 802 g/mol. The van der Waals surface area contributed by atoms with Crippen molar-refractivity contribution in [3.63, 3.8) is 0 Å². The van der Waals surface area contributed by atoms with Crippen LogP contribution in [0, 0.1) is 0 Å². The lowest BCUT2D eigenvalue weighted by Gasteiger charge is -2.38. The Morgan fingerprint density at radius 2 is 1.66 bits per heavy atom. The molecule has 0 radical (unpaired) electrons. The molecule has 2 saturated heterocycles. The minimum Gasteiger partial charge on any atom is -0.387 e. The Morgan fingerprint density at radius 1 is 0.918 bits per heavy atom. The fourth-order valence-corrected chi connectivity index (χ4v) is 8.91. The molecule has 0 saturated carbocycles. The summed E-state index contributed by atoms with van der Waals surface area (Å²) in [4.78, 5) is 91.0. The molecular formula is C44H54ClN9O7. The number of hydrogen-bond acceptors (Lipinski definition) is 12. The van der Waals surface area contributed by atoms with Crippen LogP contribution in [-0.2, 0) is 19.2 Å². The normalized spacial score (nSPS) is 20.4. The van der Waals surface area contributed by atoms with Gasteiger partial charge in [0.2, 0.25) is 23.6 Å². The number of aliphatic hydroxyl groups excluding tert-OH is 1. The van der Waals surface area contributed by atoms with Gasteiger partial charge in [-0.1, -0.05) is 56.0 Å². The van der Waals surface area contributed by atoms with E-state index in [0.29, 0.717) is 75.2 Å². The highest BCUT2D eigenvalue weighted by atomic mass is 35.5. The number of imide groups is 2. The van der Waals surface area contributed by atoms with Gasteiger partial charge in [0.1, 0.15) is 18.2 Å². The molecule has 16 nitrogen and oxygen atoms in total. The standard InChI is InChI=1S/C44H54ClN9O7/c1-27-24-34(55)39-37(27)40(50-26-49-39)52-20-22-53(23-21-52)42(59)31(28-10-12-29(45)13-11-28)25-46-19-16-35(56)48-18-6-4-2-3-5-17-47-32-9-7-8-30-38(32)44(61)54(43(30)60)33-14-15-36(57)51-41(33)58/h7-13,26-27,31,33-34,46-47,55H,2-6,14-25H2,1H3,(H,48,56)(H,51,57,58). The topological polar surface area (TPSA) is 206 Å².